The van der Waals surface area contributed by atoms with E-state index in [4.69, 9.17) is 0 Å². The highest BCUT2D eigenvalue weighted by Gasteiger charge is 2.07. The molecule has 1 N–H and O–H groups in total. The van der Waals surface area contributed by atoms with Crippen molar-refractivity contribution in [2.45, 2.75) is 19.4 Å². The Balaban J connectivity index is 2.22. The number of imidazole rings is 1. The van der Waals surface area contributed by atoms with E-state index < -0.39 is 0 Å². The van der Waals surface area contributed by atoms with Gasteiger partial charge in [-0.3, -0.25) is 4.98 Å². The van der Waals surface area contributed by atoms with E-state index in [-0.39, 0.29) is 0 Å². The molecule has 0 aliphatic rings. The van der Waals surface area contributed by atoms with Crippen LogP contribution < -0.4 is 5.32 Å². The van der Waals surface area contributed by atoms with Crippen LogP contribution in [0.15, 0.2) is 37.1 Å². The summed E-state index contributed by atoms with van der Waals surface area (Å²) >= 11 is 0. The Morgan fingerprint density at radius 1 is 1.44 bits per heavy atom. The number of rotatable bonds is 4. The third-order valence-corrected chi connectivity index (χ3v) is 2.69. The van der Waals surface area contributed by atoms with E-state index in [1.165, 1.54) is 0 Å². The molecule has 2 aromatic heterocycles. The van der Waals surface area contributed by atoms with Gasteiger partial charge >= 0.3 is 0 Å². The summed E-state index contributed by atoms with van der Waals surface area (Å²) in [4.78, 5) is 8.48. The second-order valence-electron chi connectivity index (χ2n) is 3.66. The van der Waals surface area contributed by atoms with Gasteiger partial charge in [-0.05, 0) is 25.6 Å². The van der Waals surface area contributed by atoms with E-state index in [0.29, 0.717) is 6.04 Å². The molecule has 16 heavy (non-hydrogen) atoms. The molecule has 2 rings (SSSR count). The van der Waals surface area contributed by atoms with Crippen molar-refractivity contribution in [3.05, 3.63) is 42.7 Å². The fraction of sp³-hybridized carbons (Fsp3) is 0.333. The zero-order valence-electron chi connectivity index (χ0n) is 9.59. The minimum absolute atomic E-state index is 0.330. The van der Waals surface area contributed by atoms with Gasteiger partial charge in [0.05, 0.1) is 23.9 Å². The van der Waals surface area contributed by atoms with Gasteiger partial charge < -0.3 is 9.88 Å². The maximum Gasteiger partial charge on any atom is 0.0992 e. The maximum absolute atomic E-state index is 4.47. The quantitative estimate of drug-likeness (QED) is 0.849. The molecular weight excluding hydrogens is 200 g/mol. The number of pyridine rings is 1. The van der Waals surface area contributed by atoms with Crippen molar-refractivity contribution in [2.75, 3.05) is 7.05 Å². The van der Waals surface area contributed by atoms with Gasteiger partial charge in [-0.25, -0.2) is 4.98 Å². The Bertz CT molecular complexity index is 415. The van der Waals surface area contributed by atoms with E-state index in [2.05, 4.69) is 34.3 Å². The lowest BCUT2D eigenvalue weighted by molar-refractivity contribution is 0.561. The number of hydrogen-bond acceptors (Lipinski definition) is 3. The SMILES string of the molecule is CCC(NC)c1ccc(-n2ccnc2)cn1. The first-order valence-electron chi connectivity index (χ1n) is 5.46. The Kier molecular flexibility index (Phi) is 3.31. The molecule has 2 aromatic rings. The second kappa shape index (κ2) is 4.90. The molecule has 1 atom stereocenters. The van der Waals surface area contributed by atoms with Crippen LogP contribution in [0.25, 0.3) is 5.69 Å². The van der Waals surface area contributed by atoms with E-state index in [9.17, 15) is 0 Å². The van der Waals surface area contributed by atoms with Crippen molar-refractivity contribution < 1.29 is 0 Å². The van der Waals surface area contributed by atoms with Gasteiger partial charge in [0, 0.05) is 18.4 Å². The average Bonchev–Trinajstić information content (AvgIpc) is 2.85. The molecule has 4 heteroatoms. The van der Waals surface area contributed by atoms with Crippen molar-refractivity contribution in [3.63, 3.8) is 0 Å². The van der Waals surface area contributed by atoms with Crippen LogP contribution in [-0.4, -0.2) is 21.6 Å². The average molecular weight is 216 g/mol. The normalized spacial score (nSPS) is 12.6. The summed E-state index contributed by atoms with van der Waals surface area (Å²) in [6, 6.07) is 4.45. The summed E-state index contributed by atoms with van der Waals surface area (Å²) in [5, 5.41) is 3.24. The third-order valence-electron chi connectivity index (χ3n) is 2.69. The van der Waals surface area contributed by atoms with Crippen LogP contribution in [-0.2, 0) is 0 Å². The van der Waals surface area contributed by atoms with Gasteiger partial charge in [-0.15, -0.1) is 0 Å². The molecule has 0 amide bonds. The topological polar surface area (TPSA) is 42.7 Å². The van der Waals surface area contributed by atoms with E-state index in [1.54, 1.807) is 12.5 Å². The lowest BCUT2D eigenvalue weighted by atomic mass is 10.1. The zero-order valence-corrected chi connectivity index (χ0v) is 9.59. The third kappa shape index (κ3) is 2.12. The van der Waals surface area contributed by atoms with Gasteiger partial charge in [-0.1, -0.05) is 6.92 Å². The highest BCUT2D eigenvalue weighted by Crippen LogP contribution is 2.14. The van der Waals surface area contributed by atoms with Crippen LogP contribution in [0, 0.1) is 0 Å². The largest absolute Gasteiger partial charge is 0.312 e. The first-order valence-corrected chi connectivity index (χ1v) is 5.46. The van der Waals surface area contributed by atoms with Crippen LogP contribution in [0.4, 0.5) is 0 Å². The number of nitrogens with one attached hydrogen (secondary N) is 1. The molecule has 0 saturated carbocycles. The van der Waals surface area contributed by atoms with Crippen LogP contribution in [0.2, 0.25) is 0 Å². The van der Waals surface area contributed by atoms with Crippen LogP contribution >= 0.6 is 0 Å². The number of hydrogen-bond donors (Lipinski definition) is 1. The Labute approximate surface area is 95.4 Å². The molecule has 84 valence electrons. The highest BCUT2D eigenvalue weighted by atomic mass is 15.0. The van der Waals surface area contributed by atoms with Gasteiger partial charge in [0.15, 0.2) is 0 Å². The molecule has 0 saturated heterocycles. The zero-order chi connectivity index (χ0) is 11.4. The van der Waals surface area contributed by atoms with Crippen LogP contribution in [0.1, 0.15) is 25.1 Å². The molecule has 0 radical (unpaired) electrons. The lowest BCUT2D eigenvalue weighted by Gasteiger charge is -2.13. The summed E-state index contributed by atoms with van der Waals surface area (Å²) in [7, 11) is 1.96. The highest BCUT2D eigenvalue weighted by molar-refractivity contribution is 5.30. The van der Waals surface area contributed by atoms with Gasteiger partial charge in [0.2, 0.25) is 0 Å². The Morgan fingerprint density at radius 2 is 2.31 bits per heavy atom. The summed E-state index contributed by atoms with van der Waals surface area (Å²) in [5.41, 5.74) is 2.11. The maximum atomic E-state index is 4.47. The number of aromatic nitrogens is 3. The van der Waals surface area contributed by atoms with Crippen molar-refractivity contribution in [3.8, 4) is 5.69 Å². The lowest BCUT2D eigenvalue weighted by Crippen LogP contribution is -2.16. The molecule has 0 fully saturated rings. The van der Waals surface area contributed by atoms with E-state index in [0.717, 1.165) is 17.8 Å². The predicted molar refractivity (Wildman–Crippen MR) is 63.5 cm³/mol. The Morgan fingerprint density at radius 3 is 2.81 bits per heavy atom. The molecule has 0 bridgehead atoms. The summed E-state index contributed by atoms with van der Waals surface area (Å²) in [6.45, 7) is 2.15. The molecule has 4 nitrogen and oxygen atoms in total. The van der Waals surface area contributed by atoms with E-state index in [1.807, 2.05) is 24.0 Å². The Hall–Kier alpha value is -1.68. The molecule has 1 unspecified atom stereocenters. The fourth-order valence-corrected chi connectivity index (χ4v) is 1.73. The fourth-order valence-electron chi connectivity index (χ4n) is 1.73. The van der Waals surface area contributed by atoms with Gasteiger partial charge in [-0.2, -0.15) is 0 Å². The van der Waals surface area contributed by atoms with Crippen molar-refractivity contribution >= 4 is 0 Å². The second-order valence-corrected chi connectivity index (χ2v) is 3.66. The summed E-state index contributed by atoms with van der Waals surface area (Å²) < 4.78 is 1.94. The van der Waals surface area contributed by atoms with Crippen molar-refractivity contribution in [2.24, 2.45) is 0 Å². The first kappa shape index (κ1) is 10.8. The molecule has 0 aliphatic heterocycles. The minimum atomic E-state index is 0.330. The van der Waals surface area contributed by atoms with E-state index >= 15 is 0 Å². The molecular formula is C12H16N4. The monoisotopic (exact) mass is 216 g/mol. The molecule has 2 heterocycles. The minimum Gasteiger partial charge on any atom is -0.312 e. The first-order chi connectivity index (χ1) is 7.85. The van der Waals surface area contributed by atoms with Gasteiger partial charge in [0.25, 0.3) is 0 Å². The number of nitrogens with zero attached hydrogens (tertiary/aromatic N) is 3. The molecule has 0 aromatic carbocycles. The van der Waals surface area contributed by atoms with Crippen molar-refractivity contribution in [1.29, 1.82) is 0 Å². The molecule has 0 aliphatic carbocycles. The summed E-state index contributed by atoms with van der Waals surface area (Å²) in [6.07, 6.45) is 8.35. The molecule has 0 spiro atoms. The van der Waals surface area contributed by atoms with Crippen molar-refractivity contribution in [1.82, 2.24) is 19.9 Å². The van der Waals surface area contributed by atoms with Gasteiger partial charge in [0.1, 0.15) is 0 Å². The smallest absolute Gasteiger partial charge is 0.0992 e. The van der Waals surface area contributed by atoms with Crippen LogP contribution in [0.3, 0.4) is 0 Å². The van der Waals surface area contributed by atoms with Crippen LogP contribution in [0.5, 0.6) is 0 Å². The summed E-state index contributed by atoms with van der Waals surface area (Å²) in [5.74, 6) is 0. The standard InChI is InChI=1S/C12H16N4/c1-3-11(13-2)12-5-4-10(8-15-12)16-7-6-14-9-16/h4-9,11,13H,3H2,1-2H3. The predicted octanol–water partition coefficient (Wildman–Crippen LogP) is 1.94.